The molecular formula is C32H48Cl2FeN4. The molecule has 4 nitrogen and oxygen atoms in total. The number of hydrogen-bond acceptors (Lipinski definition) is 2. The van der Waals surface area contributed by atoms with Crippen LogP contribution in [0.2, 0.25) is 0 Å². The third-order valence-electron chi connectivity index (χ3n) is 7.21. The SMILES string of the molecule is CC(=Nc1c(C(C)C)cccc1C(C)C)N1CCCN(C(C)=Nc2c(C(C)C)cccc2C(C)C)[C]1=[Fe].Cl.Cl. The van der Waals surface area contributed by atoms with Gasteiger partial charge in [-0.25, -0.2) is 0 Å². The molecule has 0 bridgehead atoms. The summed E-state index contributed by atoms with van der Waals surface area (Å²) in [6.45, 7) is 24.0. The fourth-order valence-electron chi connectivity index (χ4n) is 5.02. The quantitative estimate of drug-likeness (QED) is 0.184. The third kappa shape index (κ3) is 8.19. The topological polar surface area (TPSA) is 31.2 Å². The minimum absolute atomic E-state index is 0. The van der Waals surface area contributed by atoms with Gasteiger partial charge < -0.3 is 0 Å². The molecule has 0 atom stereocenters. The second-order valence-electron chi connectivity index (χ2n) is 11.4. The van der Waals surface area contributed by atoms with Crippen molar-refractivity contribution >= 4 is 52.5 Å². The molecule has 0 aromatic heterocycles. The first-order valence-corrected chi connectivity index (χ1v) is 14.4. The molecule has 1 fully saturated rings. The van der Waals surface area contributed by atoms with Crippen molar-refractivity contribution in [3.8, 4) is 0 Å². The summed E-state index contributed by atoms with van der Waals surface area (Å²) in [4.78, 5) is 15.0. The van der Waals surface area contributed by atoms with Gasteiger partial charge in [0, 0.05) is 0 Å². The Labute approximate surface area is 257 Å². The van der Waals surface area contributed by atoms with Crippen LogP contribution in [0.25, 0.3) is 0 Å². The van der Waals surface area contributed by atoms with Gasteiger partial charge in [-0.05, 0) is 0 Å². The molecule has 39 heavy (non-hydrogen) atoms. The van der Waals surface area contributed by atoms with E-state index in [0.717, 1.165) is 47.2 Å². The summed E-state index contributed by atoms with van der Waals surface area (Å²) in [5, 5.41) is 0. The Hall–Kier alpha value is -1.65. The van der Waals surface area contributed by atoms with Crippen LogP contribution in [0.1, 0.15) is 122 Å². The number of halogens is 2. The third-order valence-corrected chi connectivity index (χ3v) is 7.81. The van der Waals surface area contributed by atoms with E-state index in [-0.39, 0.29) is 24.8 Å². The van der Waals surface area contributed by atoms with Crippen LogP contribution in [0.5, 0.6) is 0 Å². The maximum Gasteiger partial charge on any atom is -0.147 e. The molecule has 0 aliphatic carbocycles. The summed E-state index contributed by atoms with van der Waals surface area (Å²) in [5.74, 6) is 3.63. The van der Waals surface area contributed by atoms with Crippen molar-refractivity contribution in [2.45, 2.75) is 99.3 Å². The van der Waals surface area contributed by atoms with Crippen LogP contribution in [-0.4, -0.2) is 39.2 Å². The summed E-state index contributed by atoms with van der Waals surface area (Å²) >= 11 is 4.52. The number of aliphatic imine (C=N–C) groups is 2. The smallest absolute Gasteiger partial charge is 0.147 e. The molecule has 2 aromatic rings. The van der Waals surface area contributed by atoms with Gasteiger partial charge in [-0.3, -0.25) is 0 Å². The number of amidine groups is 2. The molecule has 1 heterocycles. The van der Waals surface area contributed by atoms with Crippen molar-refractivity contribution in [2.75, 3.05) is 13.1 Å². The summed E-state index contributed by atoms with van der Waals surface area (Å²) in [6, 6.07) is 13.2. The van der Waals surface area contributed by atoms with Crippen LogP contribution in [0.3, 0.4) is 0 Å². The van der Waals surface area contributed by atoms with E-state index in [9.17, 15) is 0 Å². The van der Waals surface area contributed by atoms with Gasteiger partial charge in [0.15, 0.2) is 0 Å². The average Bonchev–Trinajstić information content (AvgIpc) is 2.83. The van der Waals surface area contributed by atoms with E-state index < -0.39 is 0 Å². The van der Waals surface area contributed by atoms with E-state index in [4.69, 9.17) is 9.98 Å². The maximum absolute atomic E-state index is 5.24. The molecule has 7 heteroatoms. The van der Waals surface area contributed by atoms with E-state index in [1.165, 1.54) is 22.3 Å². The molecule has 0 N–H and O–H groups in total. The Morgan fingerprint density at radius 1 is 0.615 bits per heavy atom. The zero-order chi connectivity index (χ0) is 27.4. The van der Waals surface area contributed by atoms with Crippen LogP contribution in [0, 0.1) is 0 Å². The maximum atomic E-state index is 5.24. The van der Waals surface area contributed by atoms with Crippen molar-refractivity contribution in [3.05, 3.63) is 58.7 Å². The van der Waals surface area contributed by atoms with E-state index in [1.807, 2.05) is 0 Å². The normalized spacial score (nSPS) is 14.9. The molecule has 1 saturated heterocycles. The molecule has 0 radical (unpaired) electrons. The van der Waals surface area contributed by atoms with Crippen molar-refractivity contribution in [3.63, 3.8) is 0 Å². The minimum atomic E-state index is 0. The summed E-state index contributed by atoms with van der Waals surface area (Å²) in [5.41, 5.74) is 7.44. The Bertz CT molecular complexity index is 1040. The van der Waals surface area contributed by atoms with E-state index in [1.54, 1.807) is 0 Å². The fraction of sp³-hybridized carbons (Fsp3) is 0.531. The Morgan fingerprint density at radius 3 is 1.15 bits per heavy atom. The Balaban J connectivity index is 0.00000380. The predicted octanol–water partition coefficient (Wildman–Crippen LogP) is 9.47. The molecule has 218 valence electrons. The second kappa shape index (κ2) is 15.4. The van der Waals surface area contributed by atoms with Gasteiger partial charge in [-0.1, -0.05) is 0 Å². The van der Waals surface area contributed by atoms with Crippen molar-refractivity contribution in [1.29, 1.82) is 0 Å². The second-order valence-corrected chi connectivity index (χ2v) is 11.9. The van der Waals surface area contributed by atoms with Gasteiger partial charge >= 0.3 is 234 Å². The molecule has 3 rings (SSSR count). The number of nitrogens with zero attached hydrogens (tertiary/aromatic N) is 4. The van der Waals surface area contributed by atoms with Gasteiger partial charge in [0.1, 0.15) is 0 Å². The first-order chi connectivity index (χ1) is 17.4. The average molecular weight is 616 g/mol. The number of rotatable bonds is 6. The molecule has 2 aromatic carbocycles. The Morgan fingerprint density at radius 2 is 0.897 bits per heavy atom. The fourth-order valence-corrected chi connectivity index (χ4v) is 5.62. The first-order valence-electron chi connectivity index (χ1n) is 13.9. The molecule has 1 aliphatic rings. The van der Waals surface area contributed by atoms with E-state index in [2.05, 4.69) is 131 Å². The van der Waals surface area contributed by atoms with Gasteiger partial charge in [-0.2, -0.15) is 0 Å². The molecular weight excluding hydrogens is 567 g/mol. The van der Waals surface area contributed by atoms with Gasteiger partial charge in [0.2, 0.25) is 0 Å². The standard InChI is InChI=1S/C32H46N4.2ClH.Fe/c1-21(2)27-14-11-15-28(22(3)4)31(27)33-25(9)35-18-13-19-36(20-35)26(10)34-32-29(23(5)6)16-12-17-30(32)24(7)8;;;/h11-12,14-17,21-24H,13,18-19H2,1-10H3;2*1H;. The van der Waals surface area contributed by atoms with Crippen molar-refractivity contribution in [2.24, 2.45) is 9.98 Å². The van der Waals surface area contributed by atoms with E-state index >= 15 is 0 Å². The van der Waals surface area contributed by atoms with Crippen LogP contribution in [0.4, 0.5) is 11.4 Å². The van der Waals surface area contributed by atoms with Gasteiger partial charge in [0.05, 0.1) is 0 Å². The summed E-state index contributed by atoms with van der Waals surface area (Å²) in [7, 11) is 0. The van der Waals surface area contributed by atoms with Crippen LogP contribution in [0.15, 0.2) is 46.4 Å². The number of benzene rings is 2. The monoisotopic (exact) mass is 614 g/mol. The van der Waals surface area contributed by atoms with Gasteiger partial charge in [0.25, 0.3) is 0 Å². The van der Waals surface area contributed by atoms with Crippen LogP contribution in [-0.2, 0) is 15.6 Å². The molecule has 0 amide bonds. The van der Waals surface area contributed by atoms with Crippen LogP contribution < -0.4 is 0 Å². The first kappa shape index (κ1) is 35.4. The largest absolute Gasteiger partial charge is 0.147 e. The van der Waals surface area contributed by atoms with E-state index in [0.29, 0.717) is 23.7 Å². The zero-order valence-electron chi connectivity index (χ0n) is 25.4. The predicted molar refractivity (Wildman–Crippen MR) is 172 cm³/mol. The summed E-state index contributed by atoms with van der Waals surface area (Å²) in [6.07, 6.45) is 1.03. The molecule has 0 spiro atoms. The molecule has 0 saturated carbocycles. The zero-order valence-corrected chi connectivity index (χ0v) is 28.1. The van der Waals surface area contributed by atoms with Crippen LogP contribution >= 0.6 is 24.8 Å². The number of hydrogen-bond donors (Lipinski definition) is 0. The van der Waals surface area contributed by atoms with Crippen molar-refractivity contribution in [1.82, 2.24) is 9.80 Å². The van der Waals surface area contributed by atoms with Crippen molar-refractivity contribution < 1.29 is 15.6 Å². The van der Waals surface area contributed by atoms with Gasteiger partial charge in [-0.15, -0.1) is 24.8 Å². The minimum Gasteiger partial charge on any atom is -0.147 e. The number of para-hydroxylation sites is 2. The molecule has 0 unspecified atom stereocenters. The summed E-state index contributed by atoms with van der Waals surface area (Å²) < 4.78 is 0.954. The Kier molecular flexibility index (Phi) is 13.9. The molecule has 1 aliphatic heterocycles.